The molecule has 0 aliphatic carbocycles. The molecule has 0 fully saturated rings. The molecule has 0 atom stereocenters. The van der Waals surface area contributed by atoms with E-state index in [1.807, 2.05) is 19.0 Å². The molecule has 4 nitrogen and oxygen atoms in total. The summed E-state index contributed by atoms with van der Waals surface area (Å²) < 4.78 is 1.60. The molecule has 0 saturated heterocycles. The standard InChI is InChI=1S/C12H16ClN3OS/c1-5-16-10(9(17)7-8-15(3)4)11(13)14-12(16)18-6-2/h5-6H,1-2,7-8H2,3-4H3. The number of imidazole rings is 1. The maximum atomic E-state index is 12.1. The number of hydrogen-bond donors (Lipinski definition) is 0. The minimum Gasteiger partial charge on any atom is -0.309 e. The molecule has 98 valence electrons. The lowest BCUT2D eigenvalue weighted by molar-refractivity contribution is 0.0966. The molecule has 1 aromatic heterocycles. The van der Waals surface area contributed by atoms with Crippen LogP contribution in [-0.2, 0) is 0 Å². The van der Waals surface area contributed by atoms with Gasteiger partial charge >= 0.3 is 0 Å². The number of nitrogens with zero attached hydrogens (tertiary/aromatic N) is 3. The fourth-order valence-corrected chi connectivity index (χ4v) is 2.30. The Morgan fingerprint density at radius 3 is 2.72 bits per heavy atom. The van der Waals surface area contributed by atoms with Crippen molar-refractivity contribution in [2.75, 3.05) is 20.6 Å². The van der Waals surface area contributed by atoms with Crippen molar-refractivity contribution in [2.45, 2.75) is 11.6 Å². The summed E-state index contributed by atoms with van der Waals surface area (Å²) in [6, 6.07) is 0. The summed E-state index contributed by atoms with van der Waals surface area (Å²) in [4.78, 5) is 18.2. The lowest BCUT2D eigenvalue weighted by Gasteiger charge is -2.09. The molecule has 0 saturated carbocycles. The van der Waals surface area contributed by atoms with Crippen molar-refractivity contribution in [3.05, 3.63) is 29.4 Å². The highest BCUT2D eigenvalue weighted by Gasteiger charge is 2.20. The molecule has 0 aliphatic heterocycles. The summed E-state index contributed by atoms with van der Waals surface area (Å²) in [6.07, 6.45) is 1.93. The Hall–Kier alpha value is -1.04. The van der Waals surface area contributed by atoms with Gasteiger partial charge in [-0.2, -0.15) is 0 Å². The van der Waals surface area contributed by atoms with Gasteiger partial charge in [-0.05, 0) is 19.5 Å². The summed E-state index contributed by atoms with van der Waals surface area (Å²) in [5, 5.41) is 2.44. The first-order chi connectivity index (χ1) is 8.51. The zero-order valence-electron chi connectivity index (χ0n) is 10.5. The second kappa shape index (κ2) is 6.78. The second-order valence-corrected chi connectivity index (χ2v) is 5.14. The first-order valence-corrected chi connectivity index (χ1v) is 6.62. The predicted molar refractivity (Wildman–Crippen MR) is 77.2 cm³/mol. The third-order valence-corrected chi connectivity index (χ3v) is 3.19. The van der Waals surface area contributed by atoms with Crippen molar-refractivity contribution < 1.29 is 4.79 Å². The van der Waals surface area contributed by atoms with Gasteiger partial charge in [0.25, 0.3) is 0 Å². The van der Waals surface area contributed by atoms with E-state index in [0.29, 0.717) is 23.8 Å². The molecular weight excluding hydrogens is 270 g/mol. The number of carbonyl (C=O) groups excluding carboxylic acids is 1. The molecule has 0 aliphatic rings. The molecule has 0 unspecified atom stereocenters. The maximum Gasteiger partial charge on any atom is 0.184 e. The predicted octanol–water partition coefficient (Wildman–Crippen LogP) is 3.01. The topological polar surface area (TPSA) is 38.1 Å². The van der Waals surface area contributed by atoms with Crippen molar-refractivity contribution in [1.29, 1.82) is 0 Å². The lowest BCUT2D eigenvalue weighted by Crippen LogP contribution is -2.18. The van der Waals surface area contributed by atoms with Crippen LogP contribution in [0.1, 0.15) is 16.9 Å². The number of ketones is 1. The van der Waals surface area contributed by atoms with Crippen molar-refractivity contribution in [3.8, 4) is 0 Å². The fourth-order valence-electron chi connectivity index (χ4n) is 1.41. The van der Waals surface area contributed by atoms with Gasteiger partial charge in [0, 0.05) is 19.2 Å². The van der Waals surface area contributed by atoms with Crippen LogP contribution >= 0.6 is 23.4 Å². The molecule has 18 heavy (non-hydrogen) atoms. The van der Waals surface area contributed by atoms with Crippen LogP contribution in [0, 0.1) is 0 Å². The Bertz CT molecular complexity index is 468. The Morgan fingerprint density at radius 1 is 1.56 bits per heavy atom. The van der Waals surface area contributed by atoms with Crippen molar-refractivity contribution in [3.63, 3.8) is 0 Å². The number of hydrogen-bond acceptors (Lipinski definition) is 4. The monoisotopic (exact) mass is 285 g/mol. The van der Waals surface area contributed by atoms with Gasteiger partial charge in [0.2, 0.25) is 0 Å². The van der Waals surface area contributed by atoms with Gasteiger partial charge in [-0.15, -0.1) is 0 Å². The molecule has 1 aromatic rings. The van der Waals surface area contributed by atoms with Crippen LogP contribution in [0.25, 0.3) is 6.20 Å². The van der Waals surface area contributed by atoms with E-state index in [1.165, 1.54) is 18.0 Å². The van der Waals surface area contributed by atoms with E-state index in [2.05, 4.69) is 18.1 Å². The molecular formula is C12H16ClN3OS. The van der Waals surface area contributed by atoms with E-state index in [4.69, 9.17) is 11.6 Å². The molecule has 0 radical (unpaired) electrons. The quantitative estimate of drug-likeness (QED) is 0.570. The highest BCUT2D eigenvalue weighted by molar-refractivity contribution is 8.02. The molecule has 0 spiro atoms. The lowest BCUT2D eigenvalue weighted by atomic mass is 10.2. The third-order valence-electron chi connectivity index (χ3n) is 2.26. The van der Waals surface area contributed by atoms with Gasteiger partial charge in [-0.25, -0.2) is 4.98 Å². The van der Waals surface area contributed by atoms with E-state index < -0.39 is 0 Å². The van der Waals surface area contributed by atoms with Gasteiger partial charge < -0.3 is 4.90 Å². The van der Waals surface area contributed by atoms with Crippen LogP contribution in [0.5, 0.6) is 0 Å². The normalized spacial score (nSPS) is 10.7. The summed E-state index contributed by atoms with van der Waals surface area (Å²) in [5.74, 6) is -0.0444. The van der Waals surface area contributed by atoms with Gasteiger partial charge in [0.1, 0.15) is 5.69 Å². The molecule has 0 aromatic carbocycles. The zero-order chi connectivity index (χ0) is 13.7. The molecule has 1 rings (SSSR count). The number of thioether (sulfide) groups is 1. The van der Waals surface area contributed by atoms with Gasteiger partial charge in [-0.3, -0.25) is 9.36 Å². The Balaban J connectivity index is 3.03. The number of rotatable bonds is 7. The smallest absolute Gasteiger partial charge is 0.184 e. The van der Waals surface area contributed by atoms with Crippen LogP contribution in [0.15, 0.2) is 23.7 Å². The summed E-state index contributed by atoms with van der Waals surface area (Å²) >= 11 is 7.31. The van der Waals surface area contributed by atoms with E-state index in [-0.39, 0.29) is 10.9 Å². The van der Waals surface area contributed by atoms with Crippen molar-refractivity contribution in [1.82, 2.24) is 14.5 Å². The number of aromatic nitrogens is 2. The molecule has 0 bridgehead atoms. The first-order valence-electron chi connectivity index (χ1n) is 5.37. The molecule has 0 amide bonds. The van der Waals surface area contributed by atoms with Crippen LogP contribution < -0.4 is 0 Å². The highest BCUT2D eigenvalue weighted by Crippen LogP contribution is 2.26. The van der Waals surface area contributed by atoms with Crippen LogP contribution in [0.4, 0.5) is 0 Å². The Kier molecular flexibility index (Phi) is 5.65. The molecule has 0 N–H and O–H groups in total. The van der Waals surface area contributed by atoms with Crippen LogP contribution in [-0.4, -0.2) is 40.9 Å². The van der Waals surface area contributed by atoms with E-state index >= 15 is 0 Å². The van der Waals surface area contributed by atoms with E-state index in [0.717, 1.165) is 0 Å². The maximum absolute atomic E-state index is 12.1. The fraction of sp³-hybridized carbons (Fsp3) is 0.333. The van der Waals surface area contributed by atoms with Gasteiger partial charge in [0.15, 0.2) is 16.1 Å². The largest absolute Gasteiger partial charge is 0.309 e. The average molecular weight is 286 g/mol. The van der Waals surface area contributed by atoms with E-state index in [1.54, 1.807) is 9.98 Å². The van der Waals surface area contributed by atoms with Crippen molar-refractivity contribution in [2.24, 2.45) is 0 Å². The third kappa shape index (κ3) is 3.48. The van der Waals surface area contributed by atoms with Crippen LogP contribution in [0.2, 0.25) is 5.15 Å². The summed E-state index contributed by atoms with van der Waals surface area (Å²) in [6.45, 7) is 7.96. The zero-order valence-corrected chi connectivity index (χ0v) is 12.1. The first kappa shape index (κ1) is 15.0. The number of halogens is 1. The number of carbonyl (C=O) groups is 1. The minimum absolute atomic E-state index is 0.0444. The summed E-state index contributed by atoms with van der Waals surface area (Å²) in [7, 11) is 3.83. The average Bonchev–Trinajstić information content (AvgIpc) is 2.62. The minimum atomic E-state index is -0.0444. The van der Waals surface area contributed by atoms with Gasteiger partial charge in [-0.1, -0.05) is 36.5 Å². The Labute approximate surface area is 116 Å². The van der Waals surface area contributed by atoms with Crippen LogP contribution in [0.3, 0.4) is 0 Å². The van der Waals surface area contributed by atoms with Crippen molar-refractivity contribution >= 4 is 35.3 Å². The number of Topliss-reactive ketones (excluding diaryl/α,β-unsaturated/α-hetero) is 1. The highest BCUT2D eigenvalue weighted by atomic mass is 35.5. The molecule has 6 heteroatoms. The Morgan fingerprint density at radius 2 is 2.22 bits per heavy atom. The summed E-state index contributed by atoms with van der Waals surface area (Å²) in [5.41, 5.74) is 0.387. The van der Waals surface area contributed by atoms with Gasteiger partial charge in [0.05, 0.1) is 0 Å². The SMILES string of the molecule is C=CSc1nc(Cl)c(C(=O)CCN(C)C)n1C=C. The molecule has 1 heterocycles. The second-order valence-electron chi connectivity index (χ2n) is 3.85. The van der Waals surface area contributed by atoms with E-state index in [9.17, 15) is 4.79 Å².